The molecule has 8 heteroatoms. The van der Waals surface area contributed by atoms with Crippen molar-refractivity contribution in [2.24, 2.45) is 0 Å². The number of hydrogen-bond donors (Lipinski definition) is 2. The summed E-state index contributed by atoms with van der Waals surface area (Å²) in [7, 11) is 1.46. The van der Waals surface area contributed by atoms with E-state index >= 15 is 0 Å². The average molecular weight is 227 g/mol. The van der Waals surface area contributed by atoms with Crippen LogP contribution in [0, 0.1) is 0 Å². The van der Waals surface area contributed by atoms with Crippen LogP contribution >= 0.6 is 0 Å². The van der Waals surface area contributed by atoms with Crippen molar-refractivity contribution in [3.05, 3.63) is 0 Å². The van der Waals surface area contributed by atoms with Crippen molar-refractivity contribution in [1.82, 2.24) is 20.1 Å². The van der Waals surface area contributed by atoms with Crippen LogP contribution < -0.4 is 10.1 Å². The Morgan fingerprint density at radius 3 is 2.94 bits per heavy atom. The Balaban J connectivity index is 1.90. The molecule has 2 N–H and O–H groups in total. The zero-order valence-corrected chi connectivity index (χ0v) is 8.89. The van der Waals surface area contributed by atoms with Crippen LogP contribution in [-0.2, 0) is 4.74 Å². The summed E-state index contributed by atoms with van der Waals surface area (Å²) in [6.45, 7) is 2.29. The molecule has 16 heavy (non-hydrogen) atoms. The first-order valence-corrected chi connectivity index (χ1v) is 4.89. The average Bonchev–Trinajstić information content (AvgIpc) is 2.78. The maximum absolute atomic E-state index is 11.7. The molecule has 0 bridgehead atoms. The number of urea groups is 1. The molecular formula is C8H13N5O3. The minimum absolute atomic E-state index is 0.192. The van der Waals surface area contributed by atoms with Crippen molar-refractivity contribution in [2.45, 2.75) is 0 Å². The number of aromatic amines is 1. The topological polar surface area (TPSA) is 92.4 Å². The summed E-state index contributed by atoms with van der Waals surface area (Å²) in [4.78, 5) is 17.2. The van der Waals surface area contributed by atoms with Crippen molar-refractivity contribution >= 4 is 12.0 Å². The van der Waals surface area contributed by atoms with Gasteiger partial charge in [-0.15, -0.1) is 5.10 Å². The molecule has 0 radical (unpaired) electrons. The predicted octanol–water partition coefficient (Wildman–Crippen LogP) is -0.323. The fraction of sp³-hybridized carbons (Fsp3) is 0.625. The van der Waals surface area contributed by atoms with E-state index < -0.39 is 0 Å². The fourth-order valence-electron chi connectivity index (χ4n) is 1.34. The molecule has 0 aliphatic carbocycles. The molecular weight excluding hydrogens is 214 g/mol. The summed E-state index contributed by atoms with van der Waals surface area (Å²) in [5.74, 6) is 0.272. The number of morpholine rings is 1. The predicted molar refractivity (Wildman–Crippen MR) is 54.3 cm³/mol. The number of aromatic nitrogens is 3. The Bertz CT molecular complexity index is 360. The lowest BCUT2D eigenvalue weighted by Crippen LogP contribution is -2.43. The molecule has 2 heterocycles. The van der Waals surface area contributed by atoms with Gasteiger partial charge in [0.15, 0.2) is 0 Å². The van der Waals surface area contributed by atoms with Gasteiger partial charge in [0.2, 0.25) is 5.95 Å². The van der Waals surface area contributed by atoms with Gasteiger partial charge in [-0.1, -0.05) is 0 Å². The molecule has 0 aromatic carbocycles. The Morgan fingerprint density at radius 2 is 2.31 bits per heavy atom. The first kappa shape index (κ1) is 10.7. The third-order valence-electron chi connectivity index (χ3n) is 2.17. The van der Waals surface area contributed by atoms with Crippen LogP contribution in [0.2, 0.25) is 0 Å². The first-order valence-electron chi connectivity index (χ1n) is 4.89. The van der Waals surface area contributed by atoms with E-state index in [1.54, 1.807) is 4.90 Å². The maximum atomic E-state index is 11.7. The van der Waals surface area contributed by atoms with E-state index in [0.717, 1.165) is 0 Å². The summed E-state index contributed by atoms with van der Waals surface area (Å²) in [5, 5.41) is 8.86. The highest BCUT2D eigenvalue weighted by Gasteiger charge is 2.17. The molecule has 1 aromatic heterocycles. The van der Waals surface area contributed by atoms with Gasteiger partial charge in [-0.3, -0.25) is 5.32 Å². The van der Waals surface area contributed by atoms with Crippen LogP contribution in [0.3, 0.4) is 0 Å². The molecule has 0 atom stereocenters. The lowest BCUT2D eigenvalue weighted by Gasteiger charge is -2.26. The maximum Gasteiger partial charge on any atom is 0.336 e. The molecule has 0 saturated carbocycles. The van der Waals surface area contributed by atoms with Crippen molar-refractivity contribution in [3.63, 3.8) is 0 Å². The minimum atomic E-state index is -0.220. The number of carbonyl (C=O) groups excluding carboxylic acids is 1. The molecule has 1 saturated heterocycles. The number of carbonyl (C=O) groups is 1. The fourth-order valence-corrected chi connectivity index (χ4v) is 1.34. The van der Waals surface area contributed by atoms with Crippen LogP contribution in [-0.4, -0.2) is 59.5 Å². The molecule has 2 rings (SSSR count). The van der Waals surface area contributed by atoms with Gasteiger partial charge in [0.05, 0.1) is 20.3 Å². The van der Waals surface area contributed by atoms with E-state index in [0.29, 0.717) is 26.3 Å². The number of methoxy groups -OCH3 is 1. The summed E-state index contributed by atoms with van der Waals surface area (Å²) in [6, 6.07) is -0.0284. The molecule has 88 valence electrons. The third kappa shape index (κ3) is 2.40. The minimum Gasteiger partial charge on any atom is -0.466 e. The van der Waals surface area contributed by atoms with E-state index in [-0.39, 0.29) is 18.0 Å². The number of amides is 2. The summed E-state index contributed by atoms with van der Waals surface area (Å²) < 4.78 is 9.93. The zero-order chi connectivity index (χ0) is 11.4. The van der Waals surface area contributed by atoms with Gasteiger partial charge in [0.1, 0.15) is 0 Å². The highest BCUT2D eigenvalue weighted by atomic mass is 16.5. The van der Waals surface area contributed by atoms with Crippen molar-refractivity contribution in [2.75, 3.05) is 38.7 Å². The SMILES string of the molecule is COc1n[nH]c(NC(=O)N2CCOCC2)n1. The van der Waals surface area contributed by atoms with Gasteiger partial charge in [-0.25, -0.2) is 9.89 Å². The van der Waals surface area contributed by atoms with Gasteiger partial charge < -0.3 is 14.4 Å². The van der Waals surface area contributed by atoms with Crippen molar-refractivity contribution in [1.29, 1.82) is 0 Å². The Labute approximate surface area is 91.9 Å². The van der Waals surface area contributed by atoms with E-state index in [9.17, 15) is 4.79 Å². The van der Waals surface area contributed by atoms with Gasteiger partial charge in [-0.05, 0) is 0 Å². The number of H-pyrrole nitrogens is 1. The van der Waals surface area contributed by atoms with E-state index in [1.807, 2.05) is 0 Å². The highest BCUT2D eigenvalue weighted by Crippen LogP contribution is 2.06. The van der Waals surface area contributed by atoms with E-state index in [2.05, 4.69) is 20.5 Å². The number of anilines is 1. The second-order valence-corrected chi connectivity index (χ2v) is 3.20. The highest BCUT2D eigenvalue weighted by molar-refractivity contribution is 5.87. The summed E-state index contributed by atoms with van der Waals surface area (Å²) >= 11 is 0. The molecule has 1 aliphatic rings. The Hall–Kier alpha value is -1.83. The number of nitrogens with one attached hydrogen (secondary N) is 2. The molecule has 1 aromatic rings. The van der Waals surface area contributed by atoms with Crippen LogP contribution in [0.15, 0.2) is 0 Å². The largest absolute Gasteiger partial charge is 0.466 e. The van der Waals surface area contributed by atoms with Gasteiger partial charge in [-0.2, -0.15) is 4.98 Å². The Kier molecular flexibility index (Phi) is 3.20. The van der Waals surface area contributed by atoms with Gasteiger partial charge in [0, 0.05) is 13.1 Å². The molecule has 0 unspecified atom stereocenters. The zero-order valence-electron chi connectivity index (χ0n) is 8.89. The van der Waals surface area contributed by atoms with Crippen molar-refractivity contribution < 1.29 is 14.3 Å². The molecule has 1 aliphatic heterocycles. The second kappa shape index (κ2) is 4.79. The summed E-state index contributed by atoms with van der Waals surface area (Å²) in [6.07, 6.45) is 0. The van der Waals surface area contributed by atoms with Crippen LogP contribution in [0.25, 0.3) is 0 Å². The van der Waals surface area contributed by atoms with Crippen LogP contribution in [0.4, 0.5) is 10.7 Å². The monoisotopic (exact) mass is 227 g/mol. The standard InChI is InChI=1S/C8H13N5O3/c1-15-7-9-6(11-12-7)10-8(14)13-2-4-16-5-3-13/h2-5H2,1H3,(H2,9,10,11,12,14). The molecule has 0 spiro atoms. The lowest BCUT2D eigenvalue weighted by atomic mass is 10.4. The second-order valence-electron chi connectivity index (χ2n) is 3.20. The van der Waals surface area contributed by atoms with E-state index in [1.165, 1.54) is 7.11 Å². The Morgan fingerprint density at radius 1 is 1.56 bits per heavy atom. The molecule has 8 nitrogen and oxygen atoms in total. The number of hydrogen-bond acceptors (Lipinski definition) is 5. The number of ether oxygens (including phenoxy) is 2. The quantitative estimate of drug-likeness (QED) is 0.722. The van der Waals surface area contributed by atoms with Gasteiger partial charge in [0.25, 0.3) is 0 Å². The smallest absolute Gasteiger partial charge is 0.336 e. The number of nitrogens with zero attached hydrogens (tertiary/aromatic N) is 3. The van der Waals surface area contributed by atoms with Gasteiger partial charge >= 0.3 is 12.0 Å². The first-order chi connectivity index (χ1) is 7.79. The van der Waals surface area contributed by atoms with Crippen LogP contribution in [0.5, 0.6) is 6.01 Å². The number of rotatable bonds is 2. The molecule has 2 amide bonds. The third-order valence-corrected chi connectivity index (χ3v) is 2.17. The summed E-state index contributed by atoms with van der Waals surface area (Å²) in [5.41, 5.74) is 0. The van der Waals surface area contributed by atoms with E-state index in [4.69, 9.17) is 9.47 Å². The van der Waals surface area contributed by atoms with Crippen LogP contribution in [0.1, 0.15) is 0 Å². The normalized spacial score (nSPS) is 15.9. The molecule has 1 fully saturated rings. The van der Waals surface area contributed by atoms with Crippen molar-refractivity contribution in [3.8, 4) is 6.01 Å². The lowest BCUT2D eigenvalue weighted by molar-refractivity contribution is 0.0564.